The van der Waals surface area contributed by atoms with Gasteiger partial charge in [0, 0.05) is 29.8 Å². The molecule has 3 aromatic carbocycles. The SMILES string of the molecule is O=C(Cc1nc2cc(F)c(-c3ccc(C(=O)NCCc4ccccc4)cc3)cc2s1)NCC(=O)NC1CC1. The first kappa shape index (κ1) is 25.5. The Hall–Kier alpha value is -4.11. The van der Waals surface area contributed by atoms with E-state index in [1.807, 2.05) is 30.3 Å². The normalized spacial score (nSPS) is 12.8. The van der Waals surface area contributed by atoms with Gasteiger partial charge < -0.3 is 16.0 Å². The summed E-state index contributed by atoms with van der Waals surface area (Å²) in [6, 6.07) is 20.0. The number of thiazole rings is 1. The maximum absolute atomic E-state index is 14.9. The van der Waals surface area contributed by atoms with Crippen LogP contribution in [0.3, 0.4) is 0 Å². The molecular weight excluding hydrogens is 503 g/mol. The fraction of sp³-hybridized carbons (Fsp3) is 0.241. The summed E-state index contributed by atoms with van der Waals surface area (Å²) in [5.41, 5.74) is 3.15. The number of halogens is 1. The number of fused-ring (bicyclic) bond motifs is 1. The minimum Gasteiger partial charge on any atom is -0.352 e. The van der Waals surface area contributed by atoms with Crippen LogP contribution in [0.15, 0.2) is 66.7 Å². The van der Waals surface area contributed by atoms with E-state index in [2.05, 4.69) is 20.9 Å². The number of carbonyl (C=O) groups excluding carboxylic acids is 3. The van der Waals surface area contributed by atoms with E-state index in [0.29, 0.717) is 33.8 Å². The first-order valence-corrected chi connectivity index (χ1v) is 13.3. The van der Waals surface area contributed by atoms with Gasteiger partial charge in [0.25, 0.3) is 5.91 Å². The zero-order valence-electron chi connectivity index (χ0n) is 20.6. The van der Waals surface area contributed by atoms with Crippen molar-refractivity contribution in [3.8, 4) is 11.1 Å². The topological polar surface area (TPSA) is 100 Å². The lowest BCUT2D eigenvalue weighted by Crippen LogP contribution is -2.38. The molecule has 1 heterocycles. The second-order valence-corrected chi connectivity index (χ2v) is 10.4. The maximum Gasteiger partial charge on any atom is 0.251 e. The molecule has 194 valence electrons. The number of carbonyl (C=O) groups is 3. The van der Waals surface area contributed by atoms with Crippen molar-refractivity contribution < 1.29 is 18.8 Å². The Kier molecular flexibility index (Phi) is 7.74. The largest absolute Gasteiger partial charge is 0.352 e. The number of nitrogens with zero attached hydrogens (tertiary/aromatic N) is 1. The number of hydrogen-bond donors (Lipinski definition) is 3. The van der Waals surface area contributed by atoms with Crippen molar-refractivity contribution >= 4 is 39.3 Å². The van der Waals surface area contributed by atoms with E-state index in [-0.39, 0.29) is 36.7 Å². The van der Waals surface area contributed by atoms with E-state index in [1.54, 1.807) is 30.3 Å². The summed E-state index contributed by atoms with van der Waals surface area (Å²) in [6.07, 6.45) is 2.72. The monoisotopic (exact) mass is 530 g/mol. The smallest absolute Gasteiger partial charge is 0.251 e. The van der Waals surface area contributed by atoms with Crippen LogP contribution in [0.1, 0.15) is 33.8 Å². The molecule has 4 aromatic rings. The molecule has 9 heteroatoms. The van der Waals surface area contributed by atoms with Crippen molar-refractivity contribution in [2.24, 2.45) is 0 Å². The highest BCUT2D eigenvalue weighted by Crippen LogP contribution is 2.31. The van der Waals surface area contributed by atoms with Crippen LogP contribution in [-0.4, -0.2) is 41.8 Å². The molecule has 0 radical (unpaired) electrons. The summed E-state index contributed by atoms with van der Waals surface area (Å²) in [4.78, 5) is 40.9. The number of aromatic nitrogens is 1. The molecule has 7 nitrogen and oxygen atoms in total. The van der Waals surface area contributed by atoms with Gasteiger partial charge in [-0.2, -0.15) is 0 Å². The molecule has 0 saturated heterocycles. The Labute approximate surface area is 223 Å². The second kappa shape index (κ2) is 11.5. The van der Waals surface area contributed by atoms with Gasteiger partial charge in [0.05, 0.1) is 23.2 Å². The molecule has 1 fully saturated rings. The Morgan fingerprint density at radius 3 is 2.45 bits per heavy atom. The predicted molar refractivity (Wildman–Crippen MR) is 145 cm³/mol. The minimum atomic E-state index is -0.435. The number of benzene rings is 3. The van der Waals surface area contributed by atoms with E-state index in [1.165, 1.54) is 17.4 Å². The molecule has 0 bridgehead atoms. The van der Waals surface area contributed by atoms with Crippen LogP contribution >= 0.6 is 11.3 Å². The van der Waals surface area contributed by atoms with E-state index >= 15 is 0 Å². The predicted octanol–water partition coefficient (Wildman–Crippen LogP) is 4.01. The number of hydrogen-bond acceptors (Lipinski definition) is 5. The molecule has 3 N–H and O–H groups in total. The van der Waals surface area contributed by atoms with Crippen molar-refractivity contribution in [3.63, 3.8) is 0 Å². The summed E-state index contributed by atoms with van der Waals surface area (Å²) in [6.45, 7) is 0.454. The van der Waals surface area contributed by atoms with Gasteiger partial charge >= 0.3 is 0 Å². The molecule has 0 aliphatic heterocycles. The van der Waals surface area contributed by atoms with Crippen LogP contribution < -0.4 is 16.0 Å². The lowest BCUT2D eigenvalue weighted by atomic mass is 10.0. The zero-order valence-corrected chi connectivity index (χ0v) is 21.4. The first-order valence-electron chi connectivity index (χ1n) is 12.5. The van der Waals surface area contributed by atoms with E-state index in [4.69, 9.17) is 0 Å². The van der Waals surface area contributed by atoms with Crippen molar-refractivity contribution in [1.82, 2.24) is 20.9 Å². The number of amides is 3. The Balaban J connectivity index is 1.19. The van der Waals surface area contributed by atoms with Gasteiger partial charge in [-0.15, -0.1) is 11.3 Å². The van der Waals surface area contributed by atoms with Gasteiger partial charge in [-0.1, -0.05) is 42.5 Å². The van der Waals surface area contributed by atoms with Gasteiger partial charge in [-0.25, -0.2) is 9.37 Å². The molecule has 0 spiro atoms. The van der Waals surface area contributed by atoms with Crippen LogP contribution in [-0.2, 0) is 22.4 Å². The summed E-state index contributed by atoms with van der Waals surface area (Å²) in [7, 11) is 0. The molecule has 1 saturated carbocycles. The lowest BCUT2D eigenvalue weighted by molar-refractivity contribution is -0.125. The van der Waals surface area contributed by atoms with Crippen LogP contribution in [0.25, 0.3) is 21.3 Å². The van der Waals surface area contributed by atoms with Gasteiger partial charge in [-0.05, 0) is 48.6 Å². The highest BCUT2D eigenvalue weighted by Gasteiger charge is 2.23. The van der Waals surface area contributed by atoms with Crippen LogP contribution in [0.2, 0.25) is 0 Å². The third kappa shape index (κ3) is 6.60. The van der Waals surface area contributed by atoms with Gasteiger partial charge in [0.1, 0.15) is 10.8 Å². The molecule has 38 heavy (non-hydrogen) atoms. The zero-order chi connectivity index (χ0) is 26.5. The van der Waals surface area contributed by atoms with Gasteiger partial charge in [-0.3, -0.25) is 14.4 Å². The summed E-state index contributed by atoms with van der Waals surface area (Å²) in [5, 5.41) is 8.87. The minimum absolute atomic E-state index is 0.0150. The molecule has 5 rings (SSSR count). The third-order valence-corrected chi connectivity index (χ3v) is 7.24. The van der Waals surface area contributed by atoms with Gasteiger partial charge in [0.15, 0.2) is 0 Å². The average molecular weight is 531 g/mol. The van der Waals surface area contributed by atoms with Crippen LogP contribution in [0.4, 0.5) is 4.39 Å². The standard InChI is InChI=1S/C29H27FN4O3S/c30-23-15-24-25(38-28(34-24)16-26(35)32-17-27(36)33-21-10-11-21)14-22(23)19-6-8-20(9-7-19)29(37)31-13-12-18-4-2-1-3-5-18/h1-9,14-15,21H,10-13,16-17H2,(H,31,37)(H,32,35)(H,33,36). The van der Waals surface area contributed by atoms with Crippen LogP contribution in [0, 0.1) is 5.82 Å². The maximum atomic E-state index is 14.9. The fourth-order valence-electron chi connectivity index (χ4n) is 4.05. The van der Waals surface area contributed by atoms with Crippen molar-refractivity contribution in [2.75, 3.05) is 13.1 Å². The van der Waals surface area contributed by atoms with Crippen molar-refractivity contribution in [2.45, 2.75) is 31.7 Å². The second-order valence-electron chi connectivity index (χ2n) is 9.27. The summed E-state index contributed by atoms with van der Waals surface area (Å²) in [5.74, 6) is -1.13. The van der Waals surface area contributed by atoms with E-state index in [0.717, 1.165) is 29.5 Å². The van der Waals surface area contributed by atoms with Crippen molar-refractivity contribution in [1.29, 1.82) is 0 Å². The quantitative estimate of drug-likeness (QED) is 0.288. The number of rotatable bonds is 10. The number of nitrogens with one attached hydrogen (secondary N) is 3. The Morgan fingerprint density at radius 1 is 0.947 bits per heavy atom. The molecule has 1 aromatic heterocycles. The molecule has 3 amide bonds. The molecular formula is C29H27FN4O3S. The lowest BCUT2D eigenvalue weighted by Gasteiger charge is -2.07. The molecule has 1 aliphatic rings. The Morgan fingerprint density at radius 2 is 1.71 bits per heavy atom. The van der Waals surface area contributed by atoms with Crippen LogP contribution in [0.5, 0.6) is 0 Å². The fourth-order valence-corrected chi connectivity index (χ4v) is 5.03. The van der Waals surface area contributed by atoms with E-state index in [9.17, 15) is 18.8 Å². The molecule has 0 atom stereocenters. The van der Waals surface area contributed by atoms with Crippen molar-refractivity contribution in [3.05, 3.63) is 88.7 Å². The molecule has 0 unspecified atom stereocenters. The van der Waals surface area contributed by atoms with E-state index < -0.39 is 5.82 Å². The van der Waals surface area contributed by atoms with Gasteiger partial charge in [0.2, 0.25) is 11.8 Å². The highest BCUT2D eigenvalue weighted by molar-refractivity contribution is 7.18. The summed E-state index contributed by atoms with van der Waals surface area (Å²) < 4.78 is 15.7. The first-order chi connectivity index (χ1) is 18.4. The average Bonchev–Trinajstić information content (AvgIpc) is 3.65. The third-order valence-electron chi connectivity index (χ3n) is 6.22. The highest BCUT2D eigenvalue weighted by atomic mass is 32.1. The summed E-state index contributed by atoms with van der Waals surface area (Å²) >= 11 is 1.31. The molecule has 1 aliphatic carbocycles. The Bertz CT molecular complexity index is 1470.